The second-order valence-corrected chi connectivity index (χ2v) is 7.30. The molecule has 20 heavy (non-hydrogen) atoms. The van der Waals surface area contributed by atoms with E-state index in [2.05, 4.69) is 72.2 Å². The molecule has 0 saturated carbocycles. The van der Waals surface area contributed by atoms with Gasteiger partial charge in [-0.05, 0) is 48.2 Å². The molecule has 0 bridgehead atoms. The van der Waals surface area contributed by atoms with E-state index in [1.54, 1.807) is 11.8 Å². The van der Waals surface area contributed by atoms with E-state index < -0.39 is 0 Å². The predicted octanol–water partition coefficient (Wildman–Crippen LogP) is 5.74. The number of rotatable bonds is 4. The Hall–Kier alpha value is -0.770. The summed E-state index contributed by atoms with van der Waals surface area (Å²) < 4.78 is 1.08. The lowest BCUT2D eigenvalue weighted by molar-refractivity contribution is 0.811. The van der Waals surface area contributed by atoms with E-state index in [-0.39, 0.29) is 6.04 Å². The lowest BCUT2D eigenvalue weighted by atomic mass is 10.0. The Kier molecular flexibility index (Phi) is 5.30. The van der Waals surface area contributed by atoms with Crippen molar-refractivity contribution in [1.29, 1.82) is 0 Å². The molecule has 0 unspecified atom stereocenters. The van der Waals surface area contributed by atoms with Crippen LogP contribution in [-0.4, -0.2) is 0 Å². The molecule has 2 aromatic carbocycles. The number of hydrogen-bond donors (Lipinski definition) is 1. The first-order valence-corrected chi connectivity index (χ1v) is 8.41. The van der Waals surface area contributed by atoms with Crippen LogP contribution in [0.5, 0.6) is 0 Å². The zero-order chi connectivity index (χ0) is 14.7. The first-order valence-electron chi connectivity index (χ1n) is 6.80. The highest BCUT2D eigenvalue weighted by Crippen LogP contribution is 2.33. The highest BCUT2D eigenvalue weighted by atomic mass is 79.9. The van der Waals surface area contributed by atoms with Gasteiger partial charge in [0.25, 0.3) is 0 Å². The standard InChI is InChI=1S/C17H20BrNS/c1-11(2)13-4-6-14(7-5-13)20-15-8-9-16(12(3)19)17(18)10-15/h4-12H,19H2,1-3H3/t12-/m0/s1. The summed E-state index contributed by atoms with van der Waals surface area (Å²) in [6, 6.07) is 15.2. The summed E-state index contributed by atoms with van der Waals surface area (Å²) in [6.07, 6.45) is 0. The Labute approximate surface area is 134 Å². The molecule has 0 aliphatic rings. The third kappa shape index (κ3) is 3.87. The van der Waals surface area contributed by atoms with Gasteiger partial charge in [-0.3, -0.25) is 0 Å². The Morgan fingerprint density at radius 3 is 2.05 bits per heavy atom. The van der Waals surface area contributed by atoms with Crippen molar-refractivity contribution in [2.75, 3.05) is 0 Å². The molecule has 1 atom stereocenters. The van der Waals surface area contributed by atoms with Gasteiger partial charge in [-0.2, -0.15) is 0 Å². The fourth-order valence-corrected chi connectivity index (χ4v) is 3.75. The van der Waals surface area contributed by atoms with Crippen LogP contribution in [0.1, 0.15) is 43.9 Å². The molecular formula is C17H20BrNS. The minimum absolute atomic E-state index is 0.0498. The summed E-state index contributed by atoms with van der Waals surface area (Å²) in [6.45, 7) is 6.43. The van der Waals surface area contributed by atoms with Gasteiger partial charge in [0.05, 0.1) is 0 Å². The molecule has 0 heterocycles. The maximum atomic E-state index is 5.93. The monoisotopic (exact) mass is 349 g/mol. The van der Waals surface area contributed by atoms with Crippen LogP contribution in [0.3, 0.4) is 0 Å². The zero-order valence-corrected chi connectivity index (χ0v) is 14.5. The fraction of sp³-hybridized carbons (Fsp3) is 0.294. The van der Waals surface area contributed by atoms with Gasteiger partial charge in [-0.25, -0.2) is 0 Å². The van der Waals surface area contributed by atoms with Crippen molar-refractivity contribution in [1.82, 2.24) is 0 Å². The molecule has 2 rings (SSSR count). The predicted molar refractivity (Wildman–Crippen MR) is 91.4 cm³/mol. The van der Waals surface area contributed by atoms with Crippen LogP contribution in [-0.2, 0) is 0 Å². The van der Waals surface area contributed by atoms with Crippen molar-refractivity contribution in [3.8, 4) is 0 Å². The SMILES string of the molecule is CC(C)c1ccc(Sc2ccc([C@H](C)N)c(Br)c2)cc1. The van der Waals surface area contributed by atoms with Crippen LogP contribution >= 0.6 is 27.7 Å². The van der Waals surface area contributed by atoms with Crippen LogP contribution in [0.15, 0.2) is 56.7 Å². The smallest absolute Gasteiger partial charge is 0.0277 e. The molecule has 0 saturated heterocycles. The van der Waals surface area contributed by atoms with E-state index in [0.29, 0.717) is 5.92 Å². The van der Waals surface area contributed by atoms with Crippen LogP contribution < -0.4 is 5.73 Å². The van der Waals surface area contributed by atoms with Gasteiger partial charge in [0.1, 0.15) is 0 Å². The Balaban J connectivity index is 2.15. The minimum atomic E-state index is 0.0498. The van der Waals surface area contributed by atoms with Gasteiger partial charge in [0.2, 0.25) is 0 Å². The van der Waals surface area contributed by atoms with E-state index in [4.69, 9.17) is 5.73 Å². The molecule has 0 spiro atoms. The Bertz CT molecular complexity index is 576. The third-order valence-electron chi connectivity index (χ3n) is 3.24. The number of nitrogens with two attached hydrogens (primary N) is 1. The van der Waals surface area contributed by atoms with Crippen LogP contribution in [0.4, 0.5) is 0 Å². The van der Waals surface area contributed by atoms with Crippen molar-refractivity contribution in [3.63, 3.8) is 0 Å². The topological polar surface area (TPSA) is 26.0 Å². The number of benzene rings is 2. The first-order chi connectivity index (χ1) is 9.47. The molecule has 3 heteroatoms. The van der Waals surface area contributed by atoms with Crippen molar-refractivity contribution >= 4 is 27.7 Å². The van der Waals surface area contributed by atoms with E-state index in [1.165, 1.54) is 15.4 Å². The molecule has 0 aromatic heterocycles. The van der Waals surface area contributed by atoms with E-state index in [9.17, 15) is 0 Å². The quantitative estimate of drug-likeness (QED) is 0.760. The van der Waals surface area contributed by atoms with E-state index in [1.807, 2.05) is 6.92 Å². The van der Waals surface area contributed by atoms with Crippen molar-refractivity contribution in [2.45, 2.75) is 42.5 Å². The lowest BCUT2D eigenvalue weighted by Crippen LogP contribution is -2.05. The summed E-state index contributed by atoms with van der Waals surface area (Å²) in [5.41, 5.74) is 8.45. The largest absolute Gasteiger partial charge is 0.324 e. The van der Waals surface area contributed by atoms with Gasteiger partial charge < -0.3 is 5.73 Å². The van der Waals surface area contributed by atoms with Gasteiger partial charge in [-0.1, -0.05) is 59.7 Å². The van der Waals surface area contributed by atoms with Gasteiger partial charge >= 0.3 is 0 Å². The molecular weight excluding hydrogens is 330 g/mol. The van der Waals surface area contributed by atoms with Gasteiger partial charge in [0, 0.05) is 20.3 Å². The average Bonchev–Trinajstić information content (AvgIpc) is 2.39. The minimum Gasteiger partial charge on any atom is -0.324 e. The Morgan fingerprint density at radius 1 is 0.950 bits per heavy atom. The molecule has 0 fully saturated rings. The molecule has 0 amide bonds. The molecule has 1 nitrogen and oxygen atoms in total. The summed E-state index contributed by atoms with van der Waals surface area (Å²) in [5.74, 6) is 0.577. The lowest BCUT2D eigenvalue weighted by Gasteiger charge is -2.11. The Morgan fingerprint density at radius 2 is 1.55 bits per heavy atom. The molecule has 106 valence electrons. The normalized spacial score (nSPS) is 12.7. The average molecular weight is 350 g/mol. The number of halogens is 1. The molecule has 2 aromatic rings. The summed E-state index contributed by atoms with van der Waals surface area (Å²) in [5, 5.41) is 0. The van der Waals surface area contributed by atoms with Crippen LogP contribution in [0.25, 0.3) is 0 Å². The highest BCUT2D eigenvalue weighted by molar-refractivity contribution is 9.10. The highest BCUT2D eigenvalue weighted by Gasteiger charge is 2.07. The summed E-state index contributed by atoms with van der Waals surface area (Å²) in [7, 11) is 0. The van der Waals surface area contributed by atoms with E-state index in [0.717, 1.165) is 10.0 Å². The first kappa shape index (κ1) is 15.6. The van der Waals surface area contributed by atoms with Gasteiger partial charge in [0.15, 0.2) is 0 Å². The second kappa shape index (κ2) is 6.79. The number of hydrogen-bond acceptors (Lipinski definition) is 2. The van der Waals surface area contributed by atoms with Crippen molar-refractivity contribution in [3.05, 3.63) is 58.1 Å². The van der Waals surface area contributed by atoms with Crippen molar-refractivity contribution in [2.24, 2.45) is 5.73 Å². The maximum absolute atomic E-state index is 5.93. The fourth-order valence-electron chi connectivity index (χ4n) is 2.00. The van der Waals surface area contributed by atoms with Crippen LogP contribution in [0, 0.1) is 0 Å². The molecule has 0 radical (unpaired) electrons. The van der Waals surface area contributed by atoms with Crippen molar-refractivity contribution < 1.29 is 0 Å². The van der Waals surface area contributed by atoms with Crippen LogP contribution in [0.2, 0.25) is 0 Å². The van der Waals surface area contributed by atoms with Gasteiger partial charge in [-0.15, -0.1) is 0 Å². The summed E-state index contributed by atoms with van der Waals surface area (Å²) in [4.78, 5) is 2.48. The molecule has 2 N–H and O–H groups in total. The summed E-state index contributed by atoms with van der Waals surface area (Å²) >= 11 is 5.37. The maximum Gasteiger partial charge on any atom is 0.0277 e. The molecule has 0 aliphatic carbocycles. The second-order valence-electron chi connectivity index (χ2n) is 5.30. The molecule has 0 aliphatic heterocycles. The zero-order valence-electron chi connectivity index (χ0n) is 12.1. The third-order valence-corrected chi connectivity index (χ3v) is 4.93. The van der Waals surface area contributed by atoms with E-state index >= 15 is 0 Å².